The summed E-state index contributed by atoms with van der Waals surface area (Å²) >= 11 is 5.74. The van der Waals surface area contributed by atoms with Crippen molar-refractivity contribution in [2.24, 2.45) is 5.73 Å². The van der Waals surface area contributed by atoms with Crippen LogP contribution in [0.2, 0.25) is 5.02 Å². The van der Waals surface area contributed by atoms with Gasteiger partial charge in [-0.1, -0.05) is 30.7 Å². The third-order valence-corrected chi connectivity index (χ3v) is 3.48. The summed E-state index contributed by atoms with van der Waals surface area (Å²) < 4.78 is 32.4. The highest BCUT2D eigenvalue weighted by Gasteiger charge is 2.21. The van der Waals surface area contributed by atoms with Crippen LogP contribution >= 0.6 is 11.6 Å². The van der Waals surface area contributed by atoms with Gasteiger partial charge in [-0.2, -0.15) is 0 Å². The summed E-state index contributed by atoms with van der Waals surface area (Å²) in [7, 11) is 0. The average Bonchev–Trinajstić information content (AvgIpc) is 2.47. The lowest BCUT2D eigenvalue weighted by molar-refractivity contribution is 0.170. The summed E-state index contributed by atoms with van der Waals surface area (Å²) in [5.41, 5.74) is 6.69. The minimum absolute atomic E-state index is 0.0319. The molecule has 2 N–H and O–H groups in total. The van der Waals surface area contributed by atoms with Gasteiger partial charge in [0.05, 0.1) is 5.02 Å². The molecule has 0 aliphatic rings. The smallest absolute Gasteiger partial charge is 0.142 e. The quantitative estimate of drug-likeness (QED) is 0.884. The van der Waals surface area contributed by atoms with E-state index in [1.807, 2.05) is 6.92 Å². The van der Waals surface area contributed by atoms with E-state index in [9.17, 15) is 8.78 Å². The first kappa shape index (κ1) is 15.7. The SMILES string of the molecule is CCC(N)C(Oc1ccc(F)c(Cl)c1)c1cccc(F)c1. The molecule has 5 heteroatoms. The summed E-state index contributed by atoms with van der Waals surface area (Å²) in [6, 6.07) is 9.82. The summed E-state index contributed by atoms with van der Waals surface area (Å²) in [6.07, 6.45) is 0.114. The molecule has 2 aromatic rings. The molecule has 0 fully saturated rings. The Kier molecular flexibility index (Phi) is 5.15. The summed E-state index contributed by atoms with van der Waals surface area (Å²) in [6.45, 7) is 1.91. The van der Waals surface area contributed by atoms with Crippen molar-refractivity contribution in [2.75, 3.05) is 0 Å². The van der Waals surface area contributed by atoms with Crippen LogP contribution in [0.15, 0.2) is 42.5 Å². The van der Waals surface area contributed by atoms with Crippen LogP contribution in [0.25, 0.3) is 0 Å². The molecule has 21 heavy (non-hydrogen) atoms. The monoisotopic (exact) mass is 311 g/mol. The van der Waals surface area contributed by atoms with E-state index < -0.39 is 11.9 Å². The largest absolute Gasteiger partial charge is 0.484 e. The molecular formula is C16H16ClF2NO. The molecule has 2 unspecified atom stereocenters. The first-order valence-corrected chi connectivity index (χ1v) is 7.01. The van der Waals surface area contributed by atoms with Crippen LogP contribution in [0.3, 0.4) is 0 Å². The van der Waals surface area contributed by atoms with Crippen molar-refractivity contribution in [1.29, 1.82) is 0 Å². The Morgan fingerprint density at radius 2 is 1.95 bits per heavy atom. The molecule has 0 radical (unpaired) electrons. The third-order valence-electron chi connectivity index (χ3n) is 3.19. The Morgan fingerprint density at radius 1 is 1.19 bits per heavy atom. The van der Waals surface area contributed by atoms with Crippen molar-refractivity contribution >= 4 is 11.6 Å². The van der Waals surface area contributed by atoms with Gasteiger partial charge in [0.2, 0.25) is 0 Å². The molecule has 2 rings (SSSR count). The predicted molar refractivity (Wildman–Crippen MR) is 79.4 cm³/mol. The summed E-state index contributed by atoms with van der Waals surface area (Å²) in [5.74, 6) is -0.493. The molecule has 0 saturated heterocycles. The fourth-order valence-corrected chi connectivity index (χ4v) is 2.17. The third kappa shape index (κ3) is 3.93. The number of hydrogen-bond acceptors (Lipinski definition) is 2. The molecule has 0 aliphatic carbocycles. The fourth-order valence-electron chi connectivity index (χ4n) is 2.00. The zero-order valence-electron chi connectivity index (χ0n) is 11.5. The van der Waals surface area contributed by atoms with E-state index in [1.165, 1.54) is 30.3 Å². The van der Waals surface area contributed by atoms with Crippen molar-refractivity contribution in [2.45, 2.75) is 25.5 Å². The zero-order valence-corrected chi connectivity index (χ0v) is 12.3. The Labute approximate surface area is 127 Å². The number of rotatable bonds is 5. The van der Waals surface area contributed by atoms with Crippen LogP contribution in [0.4, 0.5) is 8.78 Å². The zero-order chi connectivity index (χ0) is 15.4. The lowest BCUT2D eigenvalue weighted by atomic mass is 10.0. The van der Waals surface area contributed by atoms with Gasteiger partial charge >= 0.3 is 0 Å². The van der Waals surface area contributed by atoms with E-state index in [-0.39, 0.29) is 16.9 Å². The van der Waals surface area contributed by atoms with Gasteiger partial charge in [0, 0.05) is 12.1 Å². The van der Waals surface area contributed by atoms with Gasteiger partial charge in [0.1, 0.15) is 23.5 Å². The number of ether oxygens (including phenoxy) is 1. The van der Waals surface area contributed by atoms with Crippen LogP contribution in [0.5, 0.6) is 5.75 Å². The second-order valence-electron chi connectivity index (χ2n) is 4.74. The fraction of sp³-hybridized carbons (Fsp3) is 0.250. The maximum Gasteiger partial charge on any atom is 0.142 e. The highest BCUT2D eigenvalue weighted by atomic mass is 35.5. The first-order chi connectivity index (χ1) is 10.0. The molecule has 2 nitrogen and oxygen atoms in total. The second-order valence-corrected chi connectivity index (χ2v) is 5.15. The van der Waals surface area contributed by atoms with Crippen LogP contribution in [0.1, 0.15) is 25.0 Å². The molecule has 0 aromatic heterocycles. The van der Waals surface area contributed by atoms with Crippen LogP contribution in [-0.2, 0) is 0 Å². The molecule has 0 amide bonds. The topological polar surface area (TPSA) is 35.2 Å². The number of halogens is 3. The summed E-state index contributed by atoms with van der Waals surface area (Å²) in [5, 5.41) is -0.0319. The van der Waals surface area contributed by atoms with Crippen molar-refractivity contribution < 1.29 is 13.5 Å². The molecule has 0 bridgehead atoms. The van der Waals surface area contributed by atoms with Gasteiger partial charge in [-0.05, 0) is 36.2 Å². The Balaban J connectivity index is 2.30. The number of hydrogen-bond donors (Lipinski definition) is 1. The normalized spacial score (nSPS) is 13.8. The Hall–Kier alpha value is -1.65. The molecule has 0 aliphatic heterocycles. The molecule has 2 atom stereocenters. The van der Waals surface area contributed by atoms with E-state index in [2.05, 4.69) is 0 Å². The van der Waals surface area contributed by atoms with Gasteiger partial charge in [-0.15, -0.1) is 0 Å². The van der Waals surface area contributed by atoms with E-state index in [0.717, 1.165) is 0 Å². The van der Waals surface area contributed by atoms with Crippen molar-refractivity contribution in [3.05, 3.63) is 64.7 Å². The van der Waals surface area contributed by atoms with E-state index in [1.54, 1.807) is 12.1 Å². The van der Waals surface area contributed by atoms with Gasteiger partial charge in [-0.25, -0.2) is 8.78 Å². The predicted octanol–water partition coefficient (Wildman–Crippen LogP) is 4.48. The first-order valence-electron chi connectivity index (χ1n) is 6.64. The highest BCUT2D eigenvalue weighted by molar-refractivity contribution is 6.30. The lowest BCUT2D eigenvalue weighted by Gasteiger charge is -2.25. The van der Waals surface area contributed by atoms with Crippen molar-refractivity contribution in [1.82, 2.24) is 0 Å². The van der Waals surface area contributed by atoms with Crippen molar-refractivity contribution in [3.63, 3.8) is 0 Å². The van der Waals surface area contributed by atoms with Crippen LogP contribution in [-0.4, -0.2) is 6.04 Å². The van der Waals surface area contributed by atoms with E-state index in [4.69, 9.17) is 22.1 Å². The average molecular weight is 312 g/mol. The van der Waals surface area contributed by atoms with E-state index in [0.29, 0.717) is 17.7 Å². The number of nitrogens with two attached hydrogens (primary N) is 1. The molecule has 0 saturated carbocycles. The minimum Gasteiger partial charge on any atom is -0.484 e. The van der Waals surface area contributed by atoms with Gasteiger partial charge in [0.25, 0.3) is 0 Å². The molecule has 2 aromatic carbocycles. The van der Waals surface area contributed by atoms with E-state index >= 15 is 0 Å². The molecule has 0 heterocycles. The van der Waals surface area contributed by atoms with Gasteiger partial charge in [0.15, 0.2) is 0 Å². The Morgan fingerprint density at radius 3 is 2.57 bits per heavy atom. The lowest BCUT2D eigenvalue weighted by Crippen LogP contribution is -2.31. The Bertz CT molecular complexity index is 621. The standard InChI is InChI=1S/C16H16ClF2NO/c1-2-15(20)16(10-4-3-5-11(18)8-10)21-12-6-7-14(19)13(17)9-12/h3-9,15-16H,2,20H2,1H3. The molecule has 112 valence electrons. The molecule has 0 spiro atoms. The van der Waals surface area contributed by atoms with Gasteiger partial charge in [-0.3, -0.25) is 0 Å². The van der Waals surface area contributed by atoms with Crippen LogP contribution in [0, 0.1) is 11.6 Å². The maximum absolute atomic E-state index is 13.4. The second kappa shape index (κ2) is 6.87. The van der Waals surface area contributed by atoms with Crippen molar-refractivity contribution in [3.8, 4) is 5.75 Å². The number of benzene rings is 2. The summed E-state index contributed by atoms with van der Waals surface area (Å²) in [4.78, 5) is 0. The minimum atomic E-state index is -0.535. The van der Waals surface area contributed by atoms with Crippen LogP contribution < -0.4 is 10.5 Å². The maximum atomic E-state index is 13.4. The van der Waals surface area contributed by atoms with Gasteiger partial charge < -0.3 is 10.5 Å². The highest BCUT2D eigenvalue weighted by Crippen LogP contribution is 2.28. The molecular weight excluding hydrogens is 296 g/mol.